The summed E-state index contributed by atoms with van der Waals surface area (Å²) in [6, 6.07) is 0. The summed E-state index contributed by atoms with van der Waals surface area (Å²) in [5.41, 5.74) is 0. The Morgan fingerprint density at radius 2 is 2.00 bits per heavy atom. The number of methoxy groups -OCH3 is 1. The summed E-state index contributed by atoms with van der Waals surface area (Å²) in [7, 11) is 1.22. The molecular weight excluding hydrogens is 136 g/mol. The first-order chi connectivity index (χ1) is 4.57. The number of hydrogen-bond donors (Lipinski definition) is 1. The number of carbonyl (C=O) groups is 1. The Labute approximate surface area is 59.7 Å². The number of aliphatic hydroxyl groups excluding tert-OH is 1. The van der Waals surface area contributed by atoms with Crippen LogP contribution in [0.25, 0.3) is 0 Å². The molecular formula is C6H12O4. The minimum atomic E-state index is -0.770. The van der Waals surface area contributed by atoms with Crippen LogP contribution in [-0.4, -0.2) is 30.6 Å². The summed E-state index contributed by atoms with van der Waals surface area (Å²) in [4.78, 5) is 10.4. The third kappa shape index (κ3) is 3.29. The van der Waals surface area contributed by atoms with Crippen LogP contribution in [0.2, 0.25) is 0 Å². The zero-order valence-corrected chi connectivity index (χ0v) is 6.33. The van der Waals surface area contributed by atoms with Crippen molar-refractivity contribution in [3.8, 4) is 0 Å². The van der Waals surface area contributed by atoms with Crippen LogP contribution in [-0.2, 0) is 9.47 Å². The Hall–Kier alpha value is -0.770. The fourth-order valence-corrected chi connectivity index (χ4v) is 0.298. The molecule has 0 aromatic carbocycles. The van der Waals surface area contributed by atoms with Gasteiger partial charge in [0.15, 0.2) is 0 Å². The van der Waals surface area contributed by atoms with Gasteiger partial charge in [-0.1, -0.05) is 0 Å². The molecule has 4 nitrogen and oxygen atoms in total. The summed E-state index contributed by atoms with van der Waals surface area (Å²) >= 11 is 0. The Kier molecular flexibility index (Phi) is 3.79. The van der Waals surface area contributed by atoms with Crippen molar-refractivity contribution in [2.75, 3.05) is 7.11 Å². The Morgan fingerprint density at radius 3 is 2.30 bits per heavy atom. The van der Waals surface area contributed by atoms with Crippen molar-refractivity contribution in [3.05, 3.63) is 0 Å². The minimum absolute atomic E-state index is 0.521. The van der Waals surface area contributed by atoms with Crippen LogP contribution in [0.5, 0.6) is 0 Å². The molecule has 0 bridgehead atoms. The quantitative estimate of drug-likeness (QED) is 0.580. The monoisotopic (exact) mass is 148 g/mol. The summed E-state index contributed by atoms with van der Waals surface area (Å²) in [5, 5.41) is 8.83. The molecule has 0 amide bonds. The van der Waals surface area contributed by atoms with E-state index in [-0.39, 0.29) is 0 Å². The van der Waals surface area contributed by atoms with Crippen LogP contribution >= 0.6 is 0 Å². The average molecular weight is 148 g/mol. The van der Waals surface area contributed by atoms with E-state index < -0.39 is 18.4 Å². The van der Waals surface area contributed by atoms with E-state index in [0.29, 0.717) is 0 Å². The van der Waals surface area contributed by atoms with Crippen LogP contribution in [0.1, 0.15) is 13.8 Å². The van der Waals surface area contributed by atoms with Gasteiger partial charge in [0.25, 0.3) is 0 Å². The largest absolute Gasteiger partial charge is 0.508 e. The predicted octanol–water partition coefficient (Wildman–Crippen LogP) is 0.539. The van der Waals surface area contributed by atoms with Crippen molar-refractivity contribution >= 4 is 6.16 Å². The zero-order valence-electron chi connectivity index (χ0n) is 6.33. The van der Waals surface area contributed by atoms with Crippen molar-refractivity contribution < 1.29 is 19.4 Å². The van der Waals surface area contributed by atoms with Gasteiger partial charge in [-0.05, 0) is 13.8 Å². The number of hydrogen-bond acceptors (Lipinski definition) is 4. The van der Waals surface area contributed by atoms with E-state index in [1.165, 1.54) is 14.0 Å². The van der Waals surface area contributed by atoms with E-state index >= 15 is 0 Å². The summed E-state index contributed by atoms with van der Waals surface area (Å²) in [6.45, 7) is 3.12. The van der Waals surface area contributed by atoms with Gasteiger partial charge in [0.1, 0.15) is 6.10 Å². The number of rotatable bonds is 2. The van der Waals surface area contributed by atoms with Crippen LogP contribution in [0, 0.1) is 0 Å². The van der Waals surface area contributed by atoms with Gasteiger partial charge in [-0.3, -0.25) is 0 Å². The minimum Gasteiger partial charge on any atom is -0.438 e. The maximum Gasteiger partial charge on any atom is 0.508 e. The summed E-state index contributed by atoms with van der Waals surface area (Å²) in [6.07, 6.45) is -1.96. The lowest BCUT2D eigenvalue weighted by Crippen LogP contribution is -2.25. The van der Waals surface area contributed by atoms with Gasteiger partial charge >= 0.3 is 6.16 Å². The second-order valence-corrected chi connectivity index (χ2v) is 2.02. The highest BCUT2D eigenvalue weighted by atomic mass is 16.7. The number of carbonyl (C=O) groups excluding carboxylic acids is 1. The van der Waals surface area contributed by atoms with Crippen molar-refractivity contribution in [3.63, 3.8) is 0 Å². The Morgan fingerprint density at radius 1 is 1.50 bits per heavy atom. The number of aliphatic hydroxyl groups is 1. The third-order valence-corrected chi connectivity index (χ3v) is 1.13. The predicted molar refractivity (Wildman–Crippen MR) is 34.6 cm³/mol. The first kappa shape index (κ1) is 9.23. The SMILES string of the molecule is COC(=O)OC(C)C(C)O. The highest BCUT2D eigenvalue weighted by Crippen LogP contribution is 1.98. The first-order valence-corrected chi connectivity index (χ1v) is 3.00. The zero-order chi connectivity index (χ0) is 8.15. The first-order valence-electron chi connectivity index (χ1n) is 3.00. The molecule has 0 aromatic heterocycles. The molecule has 10 heavy (non-hydrogen) atoms. The highest BCUT2D eigenvalue weighted by molar-refractivity contribution is 5.59. The van der Waals surface area contributed by atoms with Gasteiger partial charge in [-0.2, -0.15) is 0 Å². The molecule has 0 heterocycles. The molecule has 4 heteroatoms. The molecule has 0 saturated heterocycles. The molecule has 0 aliphatic heterocycles. The molecule has 0 fully saturated rings. The van der Waals surface area contributed by atoms with Gasteiger partial charge in [0.2, 0.25) is 0 Å². The lowest BCUT2D eigenvalue weighted by Gasteiger charge is -2.13. The van der Waals surface area contributed by atoms with Gasteiger partial charge in [-0.25, -0.2) is 4.79 Å². The fourth-order valence-electron chi connectivity index (χ4n) is 0.298. The van der Waals surface area contributed by atoms with Crippen molar-refractivity contribution in [1.82, 2.24) is 0 Å². The molecule has 1 N–H and O–H groups in total. The van der Waals surface area contributed by atoms with E-state index in [9.17, 15) is 4.79 Å². The van der Waals surface area contributed by atoms with E-state index in [2.05, 4.69) is 9.47 Å². The van der Waals surface area contributed by atoms with Gasteiger partial charge in [-0.15, -0.1) is 0 Å². The van der Waals surface area contributed by atoms with E-state index in [1.54, 1.807) is 6.92 Å². The normalized spacial score (nSPS) is 15.6. The second kappa shape index (κ2) is 4.11. The molecule has 0 aliphatic rings. The van der Waals surface area contributed by atoms with E-state index in [4.69, 9.17) is 5.11 Å². The fraction of sp³-hybridized carbons (Fsp3) is 0.833. The molecule has 0 radical (unpaired) electrons. The van der Waals surface area contributed by atoms with Crippen molar-refractivity contribution in [2.24, 2.45) is 0 Å². The van der Waals surface area contributed by atoms with E-state index in [1.807, 2.05) is 0 Å². The third-order valence-electron chi connectivity index (χ3n) is 1.13. The van der Waals surface area contributed by atoms with Crippen LogP contribution in [0.4, 0.5) is 4.79 Å². The van der Waals surface area contributed by atoms with Crippen molar-refractivity contribution in [1.29, 1.82) is 0 Å². The molecule has 0 rings (SSSR count). The maximum absolute atomic E-state index is 10.4. The average Bonchev–Trinajstić information content (AvgIpc) is 1.87. The lowest BCUT2D eigenvalue weighted by atomic mass is 10.3. The molecule has 2 unspecified atom stereocenters. The van der Waals surface area contributed by atoms with Crippen molar-refractivity contribution in [2.45, 2.75) is 26.1 Å². The second-order valence-electron chi connectivity index (χ2n) is 2.02. The maximum atomic E-state index is 10.4. The Bertz CT molecular complexity index is 110. The Balaban J connectivity index is 3.57. The standard InChI is InChI=1S/C6H12O4/c1-4(7)5(2)10-6(8)9-3/h4-5,7H,1-3H3. The van der Waals surface area contributed by atoms with Crippen LogP contribution < -0.4 is 0 Å². The van der Waals surface area contributed by atoms with Crippen LogP contribution in [0.15, 0.2) is 0 Å². The number of ether oxygens (including phenoxy) is 2. The van der Waals surface area contributed by atoms with E-state index in [0.717, 1.165) is 0 Å². The van der Waals surface area contributed by atoms with Gasteiger partial charge in [0.05, 0.1) is 13.2 Å². The summed E-state index contributed by atoms with van der Waals surface area (Å²) < 4.78 is 8.75. The van der Waals surface area contributed by atoms with Gasteiger partial charge < -0.3 is 14.6 Å². The molecule has 0 spiro atoms. The molecule has 0 saturated carbocycles. The molecule has 0 aromatic rings. The van der Waals surface area contributed by atoms with Crippen LogP contribution in [0.3, 0.4) is 0 Å². The highest BCUT2D eigenvalue weighted by Gasteiger charge is 2.13. The lowest BCUT2D eigenvalue weighted by molar-refractivity contribution is -0.00984. The smallest absolute Gasteiger partial charge is 0.438 e. The summed E-state index contributed by atoms with van der Waals surface area (Å²) in [5.74, 6) is 0. The molecule has 60 valence electrons. The molecule has 2 atom stereocenters. The molecule has 0 aliphatic carbocycles. The topological polar surface area (TPSA) is 55.8 Å². The van der Waals surface area contributed by atoms with Gasteiger partial charge in [0, 0.05) is 0 Å².